The molecule has 0 bridgehead atoms. The normalized spacial score (nSPS) is 15.1. The number of carbonyl (C=O) groups excluding carboxylic acids is 2. The molecule has 1 aliphatic rings. The van der Waals surface area contributed by atoms with Gasteiger partial charge in [0.25, 0.3) is 0 Å². The number of nitrogens with one attached hydrogen (secondary N) is 1. The number of ether oxygens (including phenoxy) is 2. The second-order valence-electron chi connectivity index (χ2n) is 11.0. The second kappa shape index (κ2) is 12.6. The summed E-state index contributed by atoms with van der Waals surface area (Å²) >= 11 is 0. The Morgan fingerprint density at radius 3 is 2.35 bits per heavy atom. The molecule has 1 saturated heterocycles. The van der Waals surface area contributed by atoms with Crippen LogP contribution in [0, 0.1) is 17.2 Å². The lowest BCUT2D eigenvalue weighted by Gasteiger charge is -2.33. The summed E-state index contributed by atoms with van der Waals surface area (Å²) in [6.07, 6.45) is 1.94. The monoisotopic (exact) mass is 505 g/mol. The molecule has 2 aromatic rings. The van der Waals surface area contributed by atoms with Gasteiger partial charge >= 0.3 is 6.09 Å². The first-order valence-corrected chi connectivity index (χ1v) is 13.1. The molecule has 0 aliphatic carbocycles. The molecule has 3 rings (SSSR count). The van der Waals surface area contributed by atoms with Crippen LogP contribution >= 0.6 is 0 Å². The van der Waals surface area contributed by atoms with Crippen molar-refractivity contribution in [2.45, 2.75) is 71.5 Å². The molecule has 1 N–H and O–H groups in total. The van der Waals surface area contributed by atoms with Gasteiger partial charge in [-0.2, -0.15) is 5.26 Å². The molecule has 2 amide bonds. The van der Waals surface area contributed by atoms with Gasteiger partial charge in [-0.05, 0) is 61.9 Å². The van der Waals surface area contributed by atoms with Gasteiger partial charge in [0.15, 0.2) is 0 Å². The van der Waals surface area contributed by atoms with Crippen LogP contribution in [0.25, 0.3) is 11.1 Å². The van der Waals surface area contributed by atoms with Crippen LogP contribution in [-0.4, -0.2) is 48.2 Å². The Balaban J connectivity index is 1.68. The Hall–Kier alpha value is -3.53. The average molecular weight is 506 g/mol. The van der Waals surface area contributed by atoms with E-state index in [0.717, 1.165) is 35.3 Å². The van der Waals surface area contributed by atoms with Crippen molar-refractivity contribution in [2.75, 3.05) is 19.6 Å². The van der Waals surface area contributed by atoms with Gasteiger partial charge in [-0.1, -0.05) is 50.2 Å². The van der Waals surface area contributed by atoms with Gasteiger partial charge in [-0.3, -0.25) is 4.79 Å². The smallest absolute Gasteiger partial charge is 0.410 e. The van der Waals surface area contributed by atoms with E-state index in [9.17, 15) is 9.59 Å². The van der Waals surface area contributed by atoms with Crippen LogP contribution in [0.15, 0.2) is 48.5 Å². The highest BCUT2D eigenvalue weighted by Gasteiger charge is 2.28. The molecule has 0 spiro atoms. The van der Waals surface area contributed by atoms with E-state index in [1.807, 2.05) is 69.3 Å². The lowest BCUT2D eigenvalue weighted by molar-refractivity contribution is -0.122. The van der Waals surface area contributed by atoms with Gasteiger partial charge in [-0.25, -0.2) is 4.79 Å². The number of carbonyl (C=O) groups is 2. The lowest BCUT2D eigenvalue weighted by Crippen LogP contribution is -2.44. The highest BCUT2D eigenvalue weighted by Crippen LogP contribution is 2.31. The number of hydrogen-bond acceptors (Lipinski definition) is 5. The molecular weight excluding hydrogens is 466 g/mol. The van der Waals surface area contributed by atoms with Crippen LogP contribution in [0.4, 0.5) is 4.79 Å². The first-order chi connectivity index (χ1) is 17.6. The van der Waals surface area contributed by atoms with Crippen molar-refractivity contribution >= 4 is 12.0 Å². The van der Waals surface area contributed by atoms with Gasteiger partial charge in [-0.15, -0.1) is 0 Å². The largest absolute Gasteiger partial charge is 0.490 e. The van der Waals surface area contributed by atoms with E-state index >= 15 is 0 Å². The molecule has 1 heterocycles. The molecule has 37 heavy (non-hydrogen) atoms. The Morgan fingerprint density at radius 1 is 1.08 bits per heavy atom. The zero-order valence-electron chi connectivity index (χ0n) is 22.6. The Labute approximate surface area is 220 Å². The Bertz CT molecular complexity index is 1110. The average Bonchev–Trinajstić information content (AvgIpc) is 2.85. The van der Waals surface area contributed by atoms with Crippen LogP contribution < -0.4 is 10.1 Å². The minimum atomic E-state index is -0.503. The van der Waals surface area contributed by atoms with E-state index in [1.54, 1.807) is 4.90 Å². The van der Waals surface area contributed by atoms with Crippen molar-refractivity contribution in [1.29, 1.82) is 5.26 Å². The van der Waals surface area contributed by atoms with E-state index in [4.69, 9.17) is 14.7 Å². The van der Waals surface area contributed by atoms with E-state index in [0.29, 0.717) is 25.4 Å². The molecule has 0 saturated carbocycles. The molecule has 7 heteroatoms. The third kappa shape index (κ3) is 8.52. The highest BCUT2D eigenvalue weighted by atomic mass is 16.6. The van der Waals surface area contributed by atoms with E-state index < -0.39 is 5.60 Å². The van der Waals surface area contributed by atoms with Crippen molar-refractivity contribution in [3.63, 3.8) is 0 Å². The van der Waals surface area contributed by atoms with Gasteiger partial charge in [0.1, 0.15) is 24.0 Å². The standard InChI is InChI=1S/C30H39N3O4/c1-21(2)18-27(28(34)32-15-14-31)24-10-6-8-22(19-24)23-9-7-11-26(20-23)36-25-12-16-33(17-13-25)29(35)37-30(3,4)5/h6-11,19-21,25,27H,12-13,15-18H2,1-5H3,(H,32,34). The van der Waals surface area contributed by atoms with E-state index in [-0.39, 0.29) is 30.6 Å². The molecule has 0 aromatic heterocycles. The SMILES string of the molecule is CC(C)CC(C(=O)NCC#N)c1cccc(-c2cccc(OC3CCN(C(=O)OC(C)(C)C)CC3)c2)c1. The first kappa shape index (κ1) is 28.0. The fraction of sp³-hybridized carbons (Fsp3) is 0.500. The number of rotatable bonds is 8. The van der Waals surface area contributed by atoms with Crippen molar-refractivity contribution in [1.82, 2.24) is 10.2 Å². The summed E-state index contributed by atoms with van der Waals surface area (Å²) in [5.74, 6) is 0.675. The fourth-order valence-electron chi connectivity index (χ4n) is 4.47. The summed E-state index contributed by atoms with van der Waals surface area (Å²) < 4.78 is 11.8. The Morgan fingerprint density at radius 2 is 1.73 bits per heavy atom. The van der Waals surface area contributed by atoms with Gasteiger partial charge in [0.05, 0.1) is 12.0 Å². The summed E-state index contributed by atoms with van der Waals surface area (Å²) in [4.78, 5) is 26.9. The third-order valence-electron chi connectivity index (χ3n) is 6.22. The zero-order chi connectivity index (χ0) is 27.0. The molecule has 1 fully saturated rings. The number of nitrogens with zero attached hydrogens (tertiary/aromatic N) is 2. The predicted molar refractivity (Wildman–Crippen MR) is 144 cm³/mol. The van der Waals surface area contributed by atoms with Crippen LogP contribution in [0.5, 0.6) is 5.75 Å². The van der Waals surface area contributed by atoms with Crippen LogP contribution in [0.2, 0.25) is 0 Å². The summed E-state index contributed by atoms with van der Waals surface area (Å²) in [6.45, 7) is 11.0. The number of likely N-dealkylation sites (tertiary alicyclic amines) is 1. The minimum absolute atomic E-state index is 0.00318. The zero-order valence-corrected chi connectivity index (χ0v) is 22.6. The third-order valence-corrected chi connectivity index (χ3v) is 6.22. The van der Waals surface area contributed by atoms with Crippen LogP contribution in [0.3, 0.4) is 0 Å². The topological polar surface area (TPSA) is 91.7 Å². The number of hydrogen-bond donors (Lipinski definition) is 1. The fourth-order valence-corrected chi connectivity index (χ4v) is 4.47. The van der Waals surface area contributed by atoms with Crippen molar-refractivity contribution in [2.24, 2.45) is 5.92 Å². The first-order valence-electron chi connectivity index (χ1n) is 13.1. The number of nitriles is 1. The second-order valence-corrected chi connectivity index (χ2v) is 11.0. The molecule has 198 valence electrons. The summed E-state index contributed by atoms with van der Waals surface area (Å²) in [6, 6.07) is 18.0. The molecule has 1 unspecified atom stereocenters. The maximum atomic E-state index is 12.8. The summed E-state index contributed by atoms with van der Waals surface area (Å²) in [5, 5.41) is 11.6. The predicted octanol–water partition coefficient (Wildman–Crippen LogP) is 5.90. The molecule has 1 aliphatic heterocycles. The van der Waals surface area contributed by atoms with E-state index in [1.165, 1.54) is 0 Å². The number of piperidine rings is 1. The summed E-state index contributed by atoms with van der Waals surface area (Å²) in [5.41, 5.74) is 2.44. The quantitative estimate of drug-likeness (QED) is 0.451. The number of benzene rings is 2. The van der Waals surface area contributed by atoms with Crippen molar-refractivity contribution in [3.05, 3.63) is 54.1 Å². The maximum Gasteiger partial charge on any atom is 0.410 e. The maximum absolute atomic E-state index is 12.8. The van der Waals surface area contributed by atoms with Gasteiger partial charge in [0, 0.05) is 25.9 Å². The number of amides is 2. The molecule has 2 aromatic carbocycles. The van der Waals surface area contributed by atoms with E-state index in [2.05, 4.69) is 25.2 Å². The van der Waals surface area contributed by atoms with Crippen LogP contribution in [-0.2, 0) is 9.53 Å². The summed E-state index contributed by atoms with van der Waals surface area (Å²) in [7, 11) is 0. The lowest BCUT2D eigenvalue weighted by atomic mass is 9.88. The highest BCUT2D eigenvalue weighted by molar-refractivity contribution is 5.84. The van der Waals surface area contributed by atoms with Crippen molar-refractivity contribution < 1.29 is 19.1 Å². The van der Waals surface area contributed by atoms with Gasteiger partial charge < -0.3 is 19.7 Å². The molecule has 7 nitrogen and oxygen atoms in total. The minimum Gasteiger partial charge on any atom is -0.490 e. The van der Waals surface area contributed by atoms with Gasteiger partial charge in [0.2, 0.25) is 5.91 Å². The molecule has 0 radical (unpaired) electrons. The Kier molecular flexibility index (Phi) is 9.57. The molecular formula is C30H39N3O4. The van der Waals surface area contributed by atoms with Crippen LogP contribution in [0.1, 0.15) is 65.4 Å². The molecule has 1 atom stereocenters. The van der Waals surface area contributed by atoms with Crippen molar-refractivity contribution in [3.8, 4) is 22.9 Å².